The average Bonchev–Trinajstić information content (AvgIpc) is 3.27. The lowest BCUT2D eigenvalue weighted by atomic mass is 9.87. The molecule has 0 saturated carbocycles. The summed E-state index contributed by atoms with van der Waals surface area (Å²) in [5, 5.41) is 24.0. The Morgan fingerprint density at radius 3 is 1.87 bits per heavy atom. The summed E-state index contributed by atoms with van der Waals surface area (Å²) in [6.07, 6.45) is 11.4. The zero-order chi connectivity index (χ0) is 25.8. The number of hydrogen-bond donors (Lipinski definition) is 0. The minimum atomic E-state index is -1.19. The molecule has 5 rings (SSSR count). The number of likely N-dealkylation sites (tertiary alicyclic amines) is 2. The van der Waals surface area contributed by atoms with Crippen LogP contribution >= 0.6 is 24.8 Å². The quantitative estimate of drug-likeness (QED) is 0.367. The maximum Gasteiger partial charge on any atom is 0.0720 e. The smallest absolute Gasteiger partial charge is 0.0720 e. The van der Waals surface area contributed by atoms with Gasteiger partial charge in [0.05, 0.1) is 11.9 Å². The number of fused-ring (bicyclic) bond motifs is 3. The number of hydrogen-bond acceptors (Lipinski definition) is 6. The highest BCUT2D eigenvalue weighted by Gasteiger charge is 2.26. The molecule has 214 valence electrons. The van der Waals surface area contributed by atoms with Crippen molar-refractivity contribution < 1.29 is 19.8 Å². The van der Waals surface area contributed by atoms with E-state index in [1.165, 1.54) is 38.5 Å². The molecule has 0 radical (unpaired) electrons. The number of benzene rings is 2. The van der Waals surface area contributed by atoms with E-state index in [-0.39, 0.29) is 30.4 Å². The van der Waals surface area contributed by atoms with E-state index in [2.05, 4.69) is 15.9 Å². The third-order valence-electron chi connectivity index (χ3n) is 8.55. The predicted octanol–water partition coefficient (Wildman–Crippen LogP) is 3.67. The van der Waals surface area contributed by atoms with Gasteiger partial charge >= 0.3 is 0 Å². The lowest BCUT2D eigenvalue weighted by molar-refractivity contribution is -0.256. The molecule has 0 unspecified atom stereocenters. The van der Waals surface area contributed by atoms with Crippen molar-refractivity contribution in [3.8, 4) is 11.1 Å². The molecule has 6 nitrogen and oxygen atoms in total. The standard InChI is InChI=1S/C31H40N2O4.2ClH/c34-30(35)23-11-12-25-24(19-23)21-28-26(10-8-18-33-15-5-2-6-16-33)29(31(36)37)22(20-27(25)28)9-7-17-32-13-3-1-4-14-32;;/h11-12,19-20H,1-10,13-18,21H2,(H,34,35)(H,36,37);2*1H/p-2. The van der Waals surface area contributed by atoms with Gasteiger partial charge in [0.25, 0.3) is 0 Å². The second-order valence-corrected chi connectivity index (χ2v) is 11.1. The topological polar surface area (TPSA) is 86.7 Å². The number of rotatable bonds is 10. The molecule has 0 atom stereocenters. The van der Waals surface area contributed by atoms with Gasteiger partial charge < -0.3 is 29.6 Å². The molecule has 1 aliphatic carbocycles. The van der Waals surface area contributed by atoms with Gasteiger partial charge in [0.1, 0.15) is 0 Å². The first kappa shape index (κ1) is 31.4. The summed E-state index contributed by atoms with van der Waals surface area (Å²) in [6.45, 7) is 6.47. The van der Waals surface area contributed by atoms with Crippen LogP contribution in [0.1, 0.15) is 94.3 Å². The maximum atomic E-state index is 12.6. The Morgan fingerprint density at radius 1 is 0.718 bits per heavy atom. The van der Waals surface area contributed by atoms with Gasteiger partial charge in [-0.1, -0.05) is 31.0 Å². The highest BCUT2D eigenvalue weighted by molar-refractivity contribution is 5.94. The van der Waals surface area contributed by atoms with Crippen LogP contribution in [-0.4, -0.2) is 61.0 Å². The Kier molecular flexibility index (Phi) is 11.7. The van der Waals surface area contributed by atoms with Crippen LogP contribution in [0.4, 0.5) is 0 Å². The van der Waals surface area contributed by atoms with Crippen molar-refractivity contribution in [1.29, 1.82) is 0 Å². The van der Waals surface area contributed by atoms with Gasteiger partial charge in [-0.15, -0.1) is 24.8 Å². The van der Waals surface area contributed by atoms with Crippen molar-refractivity contribution in [3.63, 3.8) is 0 Å². The van der Waals surface area contributed by atoms with Gasteiger partial charge in [0.15, 0.2) is 0 Å². The Morgan fingerprint density at radius 2 is 1.31 bits per heavy atom. The van der Waals surface area contributed by atoms with Crippen LogP contribution < -0.4 is 10.2 Å². The summed E-state index contributed by atoms with van der Waals surface area (Å²) in [5.41, 5.74) is 6.34. The third-order valence-corrected chi connectivity index (χ3v) is 8.55. The monoisotopic (exact) mass is 574 g/mol. The maximum absolute atomic E-state index is 12.6. The Bertz CT molecular complexity index is 1160. The fourth-order valence-corrected chi connectivity index (χ4v) is 6.67. The first-order valence-corrected chi connectivity index (χ1v) is 14.2. The molecule has 2 heterocycles. The minimum Gasteiger partial charge on any atom is -0.545 e. The summed E-state index contributed by atoms with van der Waals surface area (Å²) in [7, 11) is 0. The van der Waals surface area contributed by atoms with Gasteiger partial charge in [-0.2, -0.15) is 0 Å². The lowest BCUT2D eigenvalue weighted by Crippen LogP contribution is -2.31. The molecule has 2 aliphatic heterocycles. The Hall–Kier alpha value is -2.12. The summed E-state index contributed by atoms with van der Waals surface area (Å²) < 4.78 is 0. The van der Waals surface area contributed by atoms with Crippen LogP contribution in [0.2, 0.25) is 0 Å². The van der Waals surface area contributed by atoms with Crippen LogP contribution in [-0.2, 0) is 19.3 Å². The Labute approximate surface area is 244 Å². The molecular weight excluding hydrogens is 535 g/mol. The molecule has 0 amide bonds. The number of carboxylic acids is 2. The second kappa shape index (κ2) is 14.5. The molecule has 3 aliphatic rings. The van der Waals surface area contributed by atoms with E-state index in [1.54, 1.807) is 12.1 Å². The zero-order valence-electron chi connectivity index (χ0n) is 22.7. The first-order valence-electron chi connectivity index (χ1n) is 14.2. The first-order chi connectivity index (χ1) is 18.0. The van der Waals surface area contributed by atoms with E-state index in [0.717, 1.165) is 85.5 Å². The highest BCUT2D eigenvalue weighted by Crippen LogP contribution is 2.42. The normalized spacial score (nSPS) is 17.0. The fraction of sp³-hybridized carbons (Fsp3) is 0.548. The number of carbonyl (C=O) groups excluding carboxylic acids is 2. The van der Waals surface area contributed by atoms with E-state index in [0.29, 0.717) is 24.8 Å². The lowest BCUT2D eigenvalue weighted by Gasteiger charge is -2.27. The number of nitrogens with zero attached hydrogens (tertiary/aromatic N) is 2. The van der Waals surface area contributed by atoms with Crippen molar-refractivity contribution in [2.24, 2.45) is 0 Å². The summed E-state index contributed by atoms with van der Waals surface area (Å²) in [6, 6.07) is 7.20. The number of piperidine rings is 2. The van der Waals surface area contributed by atoms with E-state index >= 15 is 0 Å². The second-order valence-electron chi connectivity index (χ2n) is 11.1. The van der Waals surface area contributed by atoms with E-state index in [1.807, 2.05) is 6.07 Å². The van der Waals surface area contributed by atoms with Crippen molar-refractivity contribution in [2.45, 2.75) is 70.6 Å². The number of carbonyl (C=O) groups is 2. The van der Waals surface area contributed by atoms with Crippen molar-refractivity contribution in [1.82, 2.24) is 9.80 Å². The number of carboxylic acid groups (broad SMARTS) is 2. The largest absolute Gasteiger partial charge is 0.545 e. The molecule has 8 heteroatoms. The number of halogens is 2. The predicted molar refractivity (Wildman–Crippen MR) is 155 cm³/mol. The minimum absolute atomic E-state index is 0. The summed E-state index contributed by atoms with van der Waals surface area (Å²) in [5.74, 6) is -2.27. The molecule has 2 aromatic rings. The Balaban J connectivity index is 0.00000210. The van der Waals surface area contributed by atoms with Crippen LogP contribution in [0.25, 0.3) is 11.1 Å². The van der Waals surface area contributed by atoms with Gasteiger partial charge in [0.2, 0.25) is 0 Å². The highest BCUT2D eigenvalue weighted by atomic mass is 35.5. The molecule has 2 aromatic carbocycles. The van der Waals surface area contributed by atoms with Gasteiger partial charge in [-0.05, 0) is 142 Å². The van der Waals surface area contributed by atoms with Crippen molar-refractivity contribution in [3.05, 3.63) is 57.6 Å². The average molecular weight is 576 g/mol. The molecule has 2 fully saturated rings. The van der Waals surface area contributed by atoms with E-state index in [4.69, 9.17) is 0 Å². The van der Waals surface area contributed by atoms with Crippen LogP contribution in [0.5, 0.6) is 0 Å². The molecule has 0 aromatic heterocycles. The van der Waals surface area contributed by atoms with Gasteiger partial charge in [-0.3, -0.25) is 0 Å². The van der Waals surface area contributed by atoms with Gasteiger partial charge in [-0.25, -0.2) is 0 Å². The van der Waals surface area contributed by atoms with E-state index in [9.17, 15) is 19.8 Å². The molecule has 39 heavy (non-hydrogen) atoms. The van der Waals surface area contributed by atoms with Crippen molar-refractivity contribution >= 4 is 36.8 Å². The van der Waals surface area contributed by atoms with Crippen LogP contribution in [0.15, 0.2) is 24.3 Å². The molecule has 0 N–H and O–H groups in total. The van der Waals surface area contributed by atoms with Crippen molar-refractivity contribution in [2.75, 3.05) is 39.3 Å². The number of aromatic carboxylic acids is 2. The third kappa shape index (κ3) is 7.35. The van der Waals surface area contributed by atoms with E-state index < -0.39 is 11.9 Å². The summed E-state index contributed by atoms with van der Waals surface area (Å²) in [4.78, 5) is 29.0. The van der Waals surface area contributed by atoms with Crippen LogP contribution in [0.3, 0.4) is 0 Å². The number of aryl methyl sites for hydroxylation is 1. The molecular formula is C31H40Cl2N2O4-2. The SMILES string of the molecule is Cl.Cl.O=C([O-])c1ccc2c(c1)Cc1c-2cc(CCCN2CCCCC2)c(C(=O)[O-])c1CCCN1CCCCC1. The molecule has 0 spiro atoms. The molecule has 2 saturated heterocycles. The van der Waals surface area contributed by atoms with Gasteiger partial charge in [0, 0.05) is 5.56 Å². The zero-order valence-corrected chi connectivity index (χ0v) is 24.3. The van der Waals surface area contributed by atoms with Crippen LogP contribution in [0, 0.1) is 0 Å². The fourth-order valence-electron chi connectivity index (χ4n) is 6.67. The summed E-state index contributed by atoms with van der Waals surface area (Å²) >= 11 is 0. The molecule has 0 bridgehead atoms.